The molecular weight excluding hydrogens is 132 g/mol. The van der Waals surface area contributed by atoms with Crippen molar-refractivity contribution in [2.75, 3.05) is 6.79 Å². The van der Waals surface area contributed by atoms with Crippen LogP contribution in [0.2, 0.25) is 0 Å². The molecule has 0 fully saturated rings. The smallest absolute Gasteiger partial charge is 0.332 e. The van der Waals surface area contributed by atoms with Gasteiger partial charge in [0, 0.05) is 6.08 Å². The zero-order valence-corrected chi connectivity index (χ0v) is 5.78. The second kappa shape index (κ2) is 6.04. The highest BCUT2D eigenvalue weighted by molar-refractivity contribution is 5.82. The van der Waals surface area contributed by atoms with E-state index >= 15 is 0 Å². The average molecular weight is 142 g/mol. The minimum atomic E-state index is -0.570. The second-order valence-electron chi connectivity index (χ2n) is 1.48. The van der Waals surface area contributed by atoms with Crippen molar-refractivity contribution < 1.29 is 14.6 Å². The van der Waals surface area contributed by atoms with Crippen molar-refractivity contribution in [1.29, 1.82) is 0 Å². The van der Waals surface area contributed by atoms with Gasteiger partial charge < -0.3 is 9.84 Å². The number of allylic oxidation sites excluding steroid dienone is 3. The van der Waals surface area contributed by atoms with Gasteiger partial charge in [0.05, 0.1) is 0 Å². The number of rotatable bonds is 3. The van der Waals surface area contributed by atoms with Crippen LogP contribution >= 0.6 is 0 Å². The summed E-state index contributed by atoms with van der Waals surface area (Å²) in [5, 5.41) is 8.10. The van der Waals surface area contributed by atoms with Gasteiger partial charge in [0.25, 0.3) is 0 Å². The molecule has 3 heteroatoms. The van der Waals surface area contributed by atoms with Crippen LogP contribution in [0.15, 0.2) is 24.3 Å². The Bertz CT molecular complexity index is 147. The first-order valence-electron chi connectivity index (χ1n) is 2.88. The number of hydrogen-bond donors (Lipinski definition) is 1. The Hall–Kier alpha value is -1.09. The third-order valence-electron chi connectivity index (χ3n) is 0.743. The first-order chi connectivity index (χ1) is 4.81. The van der Waals surface area contributed by atoms with Crippen LogP contribution in [0, 0.1) is 0 Å². The second-order valence-corrected chi connectivity index (χ2v) is 1.48. The number of carbonyl (C=O) groups excluding carboxylic acids is 1. The van der Waals surface area contributed by atoms with Crippen molar-refractivity contribution in [3.63, 3.8) is 0 Å². The van der Waals surface area contributed by atoms with E-state index in [0.29, 0.717) is 0 Å². The van der Waals surface area contributed by atoms with Crippen LogP contribution in [0.1, 0.15) is 6.92 Å². The molecule has 1 N–H and O–H groups in total. The number of aliphatic hydroxyl groups is 1. The molecule has 0 aromatic heterocycles. The summed E-state index contributed by atoms with van der Waals surface area (Å²) in [5.74, 6) is -0.541. The number of carbonyl (C=O) groups is 1. The highest BCUT2D eigenvalue weighted by Crippen LogP contribution is 1.80. The van der Waals surface area contributed by atoms with Crippen LogP contribution in [0.4, 0.5) is 0 Å². The number of esters is 1. The Kier molecular flexibility index (Phi) is 5.38. The van der Waals surface area contributed by atoms with Crippen molar-refractivity contribution >= 4 is 5.97 Å². The van der Waals surface area contributed by atoms with Gasteiger partial charge in [-0.25, -0.2) is 4.79 Å². The standard InChI is InChI=1S/C7H10O3/c1-2-3-4-5-7(9)10-6-8/h2-5,8H,6H2,1H3/b3-2+,5-4+. The van der Waals surface area contributed by atoms with Crippen molar-refractivity contribution in [3.8, 4) is 0 Å². The van der Waals surface area contributed by atoms with Gasteiger partial charge in [-0.1, -0.05) is 18.2 Å². The van der Waals surface area contributed by atoms with Gasteiger partial charge >= 0.3 is 5.97 Å². The molecule has 0 aliphatic carbocycles. The average Bonchev–Trinajstić information content (AvgIpc) is 1.89. The topological polar surface area (TPSA) is 46.5 Å². The van der Waals surface area contributed by atoms with E-state index in [4.69, 9.17) is 5.11 Å². The maximum Gasteiger partial charge on any atom is 0.332 e. The molecule has 0 saturated heterocycles. The number of aliphatic hydroxyl groups excluding tert-OH is 1. The van der Waals surface area contributed by atoms with Crippen LogP contribution in [-0.4, -0.2) is 17.9 Å². The predicted molar refractivity (Wildman–Crippen MR) is 37.1 cm³/mol. The van der Waals surface area contributed by atoms with E-state index in [1.807, 2.05) is 6.92 Å². The Morgan fingerprint density at radius 3 is 2.80 bits per heavy atom. The lowest BCUT2D eigenvalue weighted by molar-refractivity contribution is -0.145. The molecule has 0 spiro atoms. The minimum Gasteiger partial charge on any atom is -0.436 e. The van der Waals surface area contributed by atoms with E-state index < -0.39 is 12.8 Å². The SMILES string of the molecule is C/C=C/C=C/C(=O)OCO. The number of ether oxygens (including phenoxy) is 1. The van der Waals surface area contributed by atoms with Crippen LogP contribution in [0.5, 0.6) is 0 Å². The maximum absolute atomic E-state index is 10.4. The lowest BCUT2D eigenvalue weighted by Crippen LogP contribution is -2.00. The molecule has 0 saturated carbocycles. The van der Waals surface area contributed by atoms with Crippen LogP contribution in [0.3, 0.4) is 0 Å². The quantitative estimate of drug-likeness (QED) is 0.272. The van der Waals surface area contributed by atoms with Gasteiger partial charge in [-0.3, -0.25) is 0 Å². The highest BCUT2D eigenvalue weighted by Gasteiger charge is 1.89. The zero-order chi connectivity index (χ0) is 7.82. The largest absolute Gasteiger partial charge is 0.436 e. The summed E-state index contributed by atoms with van der Waals surface area (Å²) in [6.45, 7) is 1.26. The number of hydrogen-bond acceptors (Lipinski definition) is 3. The molecule has 0 rings (SSSR count). The molecule has 0 aromatic carbocycles. The lowest BCUT2D eigenvalue weighted by Gasteiger charge is -1.91. The maximum atomic E-state index is 10.4. The molecule has 0 aliphatic heterocycles. The lowest BCUT2D eigenvalue weighted by atomic mass is 10.4. The monoisotopic (exact) mass is 142 g/mol. The molecule has 0 aromatic rings. The Balaban J connectivity index is 3.56. The highest BCUT2D eigenvalue weighted by atomic mass is 16.6. The minimum absolute atomic E-state index is 0.541. The molecule has 0 amide bonds. The fraction of sp³-hybridized carbons (Fsp3) is 0.286. The summed E-state index contributed by atoms with van der Waals surface area (Å²) in [4.78, 5) is 10.4. The van der Waals surface area contributed by atoms with E-state index in [-0.39, 0.29) is 0 Å². The molecule has 0 heterocycles. The molecule has 56 valence electrons. The molecule has 0 bridgehead atoms. The first kappa shape index (κ1) is 8.91. The summed E-state index contributed by atoms with van der Waals surface area (Å²) < 4.78 is 4.18. The summed E-state index contributed by atoms with van der Waals surface area (Å²) in [6.07, 6.45) is 6.25. The van der Waals surface area contributed by atoms with Gasteiger partial charge in [-0.2, -0.15) is 0 Å². The van der Waals surface area contributed by atoms with Gasteiger partial charge in [0.15, 0.2) is 6.79 Å². The van der Waals surface area contributed by atoms with Crippen LogP contribution in [0.25, 0.3) is 0 Å². The zero-order valence-electron chi connectivity index (χ0n) is 5.78. The van der Waals surface area contributed by atoms with E-state index in [9.17, 15) is 4.79 Å². The molecule has 0 aliphatic rings. The first-order valence-corrected chi connectivity index (χ1v) is 2.88. The van der Waals surface area contributed by atoms with Gasteiger partial charge in [0.1, 0.15) is 0 Å². The third kappa shape index (κ3) is 5.05. The van der Waals surface area contributed by atoms with Gasteiger partial charge in [0.2, 0.25) is 0 Å². The fourth-order valence-corrected chi connectivity index (χ4v) is 0.357. The van der Waals surface area contributed by atoms with Crippen molar-refractivity contribution in [3.05, 3.63) is 24.3 Å². The molecule has 3 nitrogen and oxygen atoms in total. The Morgan fingerprint density at radius 1 is 1.60 bits per heavy atom. The summed E-state index contributed by atoms with van der Waals surface area (Å²) in [5.41, 5.74) is 0. The van der Waals surface area contributed by atoms with E-state index in [1.54, 1.807) is 12.2 Å². The van der Waals surface area contributed by atoms with Crippen molar-refractivity contribution in [1.82, 2.24) is 0 Å². The summed E-state index contributed by atoms with van der Waals surface area (Å²) >= 11 is 0. The molecule has 0 unspecified atom stereocenters. The Labute approximate surface area is 59.6 Å². The molecule has 0 atom stereocenters. The summed E-state index contributed by atoms with van der Waals surface area (Å²) in [7, 11) is 0. The van der Waals surface area contributed by atoms with E-state index in [2.05, 4.69) is 4.74 Å². The molecular formula is C7H10O3. The molecule has 0 radical (unpaired) electrons. The normalized spacial score (nSPS) is 11.0. The Morgan fingerprint density at radius 2 is 2.30 bits per heavy atom. The van der Waals surface area contributed by atoms with Gasteiger partial charge in [-0.05, 0) is 6.92 Å². The van der Waals surface area contributed by atoms with E-state index in [1.165, 1.54) is 12.2 Å². The van der Waals surface area contributed by atoms with Crippen LogP contribution in [-0.2, 0) is 9.53 Å². The van der Waals surface area contributed by atoms with Crippen LogP contribution < -0.4 is 0 Å². The molecule has 10 heavy (non-hydrogen) atoms. The van der Waals surface area contributed by atoms with Gasteiger partial charge in [-0.15, -0.1) is 0 Å². The summed E-state index contributed by atoms with van der Waals surface area (Å²) in [6, 6.07) is 0. The predicted octanol–water partition coefficient (Wildman–Crippen LogP) is 0.612. The van der Waals surface area contributed by atoms with Crippen molar-refractivity contribution in [2.45, 2.75) is 6.92 Å². The fourth-order valence-electron chi connectivity index (χ4n) is 0.357. The van der Waals surface area contributed by atoms with E-state index in [0.717, 1.165) is 0 Å². The third-order valence-corrected chi connectivity index (χ3v) is 0.743. The van der Waals surface area contributed by atoms with Crippen molar-refractivity contribution in [2.24, 2.45) is 0 Å².